The number of nitrogens with one attached hydrogen (secondary N) is 2. The Morgan fingerprint density at radius 1 is 1.14 bits per heavy atom. The fourth-order valence-electron chi connectivity index (χ4n) is 2.85. The van der Waals surface area contributed by atoms with E-state index >= 15 is 0 Å². The summed E-state index contributed by atoms with van der Waals surface area (Å²) in [7, 11) is 0. The molecule has 1 aliphatic heterocycles. The summed E-state index contributed by atoms with van der Waals surface area (Å²) < 4.78 is 13.9. The molecule has 3 rings (SSSR count). The van der Waals surface area contributed by atoms with E-state index in [-0.39, 0.29) is 16.9 Å². The first kappa shape index (κ1) is 19.6. The van der Waals surface area contributed by atoms with Gasteiger partial charge in [0.05, 0.1) is 16.2 Å². The number of nitro benzene ring substituents is 1. The van der Waals surface area contributed by atoms with Crippen molar-refractivity contribution >= 4 is 40.7 Å². The number of hydrogen-bond donors (Lipinski definition) is 2. The van der Waals surface area contributed by atoms with Crippen LogP contribution in [0.5, 0.6) is 0 Å². The predicted octanol–water partition coefficient (Wildman–Crippen LogP) is 1.93. The van der Waals surface area contributed by atoms with Gasteiger partial charge in [-0.15, -0.1) is 0 Å². The molecule has 10 nitrogen and oxygen atoms in total. The van der Waals surface area contributed by atoms with Gasteiger partial charge < -0.3 is 10.6 Å². The molecule has 0 aliphatic carbocycles. The summed E-state index contributed by atoms with van der Waals surface area (Å²) in [6.45, 7) is 0.483. The number of carbonyl (C=O) groups is 4. The average molecular weight is 400 g/mol. The number of fused-ring (bicyclic) bond motifs is 1. The number of carbonyl (C=O) groups excluding carboxylic acids is 4. The number of halogens is 1. The van der Waals surface area contributed by atoms with E-state index in [9.17, 15) is 33.7 Å². The van der Waals surface area contributed by atoms with Crippen LogP contribution in [0, 0.1) is 15.9 Å². The average Bonchev–Trinajstić information content (AvgIpc) is 2.89. The normalized spacial score (nSPS) is 12.6. The van der Waals surface area contributed by atoms with Gasteiger partial charge in [0.1, 0.15) is 17.9 Å². The second kappa shape index (κ2) is 7.46. The fraction of sp³-hybridized carbons (Fsp3) is 0.111. The van der Waals surface area contributed by atoms with E-state index in [0.29, 0.717) is 4.90 Å². The van der Waals surface area contributed by atoms with Gasteiger partial charge in [0, 0.05) is 18.7 Å². The highest BCUT2D eigenvalue weighted by molar-refractivity contribution is 6.24. The molecule has 1 heterocycles. The van der Waals surface area contributed by atoms with Gasteiger partial charge in [0.25, 0.3) is 17.5 Å². The van der Waals surface area contributed by atoms with E-state index < -0.39 is 52.2 Å². The van der Waals surface area contributed by atoms with Crippen molar-refractivity contribution in [2.24, 2.45) is 0 Å². The van der Waals surface area contributed by atoms with Gasteiger partial charge in [0.2, 0.25) is 11.8 Å². The smallest absolute Gasteiger partial charge is 0.282 e. The van der Waals surface area contributed by atoms with E-state index in [1.807, 2.05) is 0 Å². The molecule has 2 aromatic rings. The number of benzene rings is 2. The van der Waals surface area contributed by atoms with E-state index in [0.717, 1.165) is 12.1 Å². The van der Waals surface area contributed by atoms with Crippen LogP contribution in [0.1, 0.15) is 27.6 Å². The van der Waals surface area contributed by atoms with Gasteiger partial charge >= 0.3 is 0 Å². The summed E-state index contributed by atoms with van der Waals surface area (Å²) in [5, 5.41) is 15.7. The molecule has 0 spiro atoms. The molecule has 1 aliphatic rings. The number of nitro groups is 1. The Hall–Kier alpha value is -4.15. The SMILES string of the molecule is CC(=O)Nc1ccc(F)c(NC(=O)CN2C(=O)c3cccc([N+](=O)[O-])c3C2=O)c1. The van der Waals surface area contributed by atoms with Crippen LogP contribution in [0.25, 0.3) is 0 Å². The van der Waals surface area contributed by atoms with E-state index in [1.54, 1.807) is 0 Å². The van der Waals surface area contributed by atoms with Crippen molar-refractivity contribution in [3.05, 3.63) is 63.5 Å². The molecule has 0 aromatic heterocycles. The number of amides is 4. The predicted molar refractivity (Wildman–Crippen MR) is 97.8 cm³/mol. The molecule has 148 valence electrons. The van der Waals surface area contributed by atoms with Gasteiger partial charge in [-0.1, -0.05) is 6.07 Å². The molecular weight excluding hydrogens is 387 g/mol. The van der Waals surface area contributed by atoms with Gasteiger partial charge in [0.15, 0.2) is 0 Å². The monoisotopic (exact) mass is 400 g/mol. The third kappa shape index (κ3) is 3.78. The molecule has 0 unspecified atom stereocenters. The van der Waals surface area contributed by atoms with Crippen LogP contribution in [0.15, 0.2) is 36.4 Å². The van der Waals surface area contributed by atoms with Crippen LogP contribution in [0.4, 0.5) is 21.5 Å². The van der Waals surface area contributed by atoms with Crippen molar-refractivity contribution in [1.29, 1.82) is 0 Å². The first-order valence-corrected chi connectivity index (χ1v) is 8.19. The van der Waals surface area contributed by atoms with Crippen LogP contribution in [0.2, 0.25) is 0 Å². The van der Waals surface area contributed by atoms with Crippen LogP contribution in [-0.4, -0.2) is 40.0 Å². The number of rotatable bonds is 5. The fourth-order valence-corrected chi connectivity index (χ4v) is 2.85. The van der Waals surface area contributed by atoms with Crippen LogP contribution in [-0.2, 0) is 9.59 Å². The van der Waals surface area contributed by atoms with E-state index in [2.05, 4.69) is 10.6 Å². The zero-order chi connectivity index (χ0) is 21.3. The molecule has 4 amide bonds. The lowest BCUT2D eigenvalue weighted by atomic mass is 10.1. The molecule has 0 radical (unpaired) electrons. The number of anilines is 2. The molecule has 29 heavy (non-hydrogen) atoms. The summed E-state index contributed by atoms with van der Waals surface area (Å²) in [6, 6.07) is 7.06. The molecule has 2 aromatic carbocycles. The maximum atomic E-state index is 13.9. The highest BCUT2D eigenvalue weighted by atomic mass is 19.1. The zero-order valence-electron chi connectivity index (χ0n) is 14.9. The number of hydrogen-bond acceptors (Lipinski definition) is 6. The molecule has 0 saturated carbocycles. The number of imide groups is 1. The van der Waals surface area contributed by atoms with Crippen LogP contribution in [0.3, 0.4) is 0 Å². The Kier molecular flexibility index (Phi) is 5.05. The third-order valence-corrected chi connectivity index (χ3v) is 4.04. The highest BCUT2D eigenvalue weighted by Gasteiger charge is 2.41. The quantitative estimate of drug-likeness (QED) is 0.447. The Morgan fingerprint density at radius 3 is 2.52 bits per heavy atom. The summed E-state index contributed by atoms with van der Waals surface area (Å²) >= 11 is 0. The third-order valence-electron chi connectivity index (χ3n) is 4.04. The summed E-state index contributed by atoms with van der Waals surface area (Å²) in [5.41, 5.74) is -1.17. The maximum Gasteiger partial charge on any atom is 0.282 e. The summed E-state index contributed by atoms with van der Waals surface area (Å²) in [5.74, 6) is -3.95. The Bertz CT molecular complexity index is 1080. The maximum absolute atomic E-state index is 13.9. The van der Waals surface area contributed by atoms with Gasteiger partial charge in [-0.3, -0.25) is 34.2 Å². The first-order chi connectivity index (χ1) is 13.7. The molecular formula is C18H13FN4O6. The van der Waals surface area contributed by atoms with Gasteiger partial charge in [-0.2, -0.15) is 0 Å². The lowest BCUT2D eigenvalue weighted by Crippen LogP contribution is -2.37. The molecule has 0 atom stereocenters. The van der Waals surface area contributed by atoms with Crippen molar-refractivity contribution in [3.8, 4) is 0 Å². The second-order valence-corrected chi connectivity index (χ2v) is 6.08. The standard InChI is InChI=1S/C18H13FN4O6/c1-9(24)20-10-5-6-12(19)13(7-10)21-15(25)8-22-17(26)11-3-2-4-14(23(28)29)16(11)18(22)27/h2-7H,8H2,1H3,(H,20,24)(H,21,25). The largest absolute Gasteiger partial charge is 0.326 e. The van der Waals surface area contributed by atoms with Crippen molar-refractivity contribution in [3.63, 3.8) is 0 Å². The van der Waals surface area contributed by atoms with Crippen LogP contribution >= 0.6 is 0 Å². The zero-order valence-corrected chi connectivity index (χ0v) is 14.9. The lowest BCUT2D eigenvalue weighted by molar-refractivity contribution is -0.385. The van der Waals surface area contributed by atoms with Gasteiger partial charge in [-0.25, -0.2) is 4.39 Å². The summed E-state index contributed by atoms with van der Waals surface area (Å²) in [4.78, 5) is 59.1. The Morgan fingerprint density at radius 2 is 1.86 bits per heavy atom. The molecule has 11 heteroatoms. The highest BCUT2D eigenvalue weighted by Crippen LogP contribution is 2.30. The number of nitrogens with zero attached hydrogens (tertiary/aromatic N) is 2. The first-order valence-electron chi connectivity index (χ1n) is 8.19. The van der Waals surface area contributed by atoms with E-state index in [1.165, 1.54) is 31.2 Å². The molecule has 0 saturated heterocycles. The Balaban J connectivity index is 1.79. The van der Waals surface area contributed by atoms with Crippen molar-refractivity contribution in [1.82, 2.24) is 4.90 Å². The van der Waals surface area contributed by atoms with Crippen molar-refractivity contribution in [2.75, 3.05) is 17.2 Å². The summed E-state index contributed by atoms with van der Waals surface area (Å²) in [6.07, 6.45) is 0. The van der Waals surface area contributed by atoms with Crippen molar-refractivity contribution in [2.45, 2.75) is 6.92 Å². The van der Waals surface area contributed by atoms with Gasteiger partial charge in [-0.05, 0) is 24.3 Å². The second-order valence-electron chi connectivity index (χ2n) is 6.08. The molecule has 0 bridgehead atoms. The molecule has 0 fully saturated rings. The Labute approximate surface area is 162 Å². The lowest BCUT2D eigenvalue weighted by Gasteiger charge is -2.14. The molecule has 2 N–H and O–H groups in total. The van der Waals surface area contributed by atoms with E-state index in [4.69, 9.17) is 0 Å². The topological polar surface area (TPSA) is 139 Å². The minimum absolute atomic E-state index is 0.184. The van der Waals surface area contributed by atoms with Crippen molar-refractivity contribution < 1.29 is 28.5 Å². The minimum atomic E-state index is -0.986. The minimum Gasteiger partial charge on any atom is -0.326 e. The van der Waals surface area contributed by atoms with Crippen LogP contribution < -0.4 is 10.6 Å².